The highest BCUT2D eigenvalue weighted by Crippen LogP contribution is 2.19. The highest BCUT2D eigenvalue weighted by Gasteiger charge is 2.12. The summed E-state index contributed by atoms with van der Waals surface area (Å²) in [5, 5.41) is 3.65. The van der Waals surface area contributed by atoms with Gasteiger partial charge in [0.15, 0.2) is 0 Å². The molecule has 15 heavy (non-hydrogen) atoms. The van der Waals surface area contributed by atoms with Gasteiger partial charge in [0.2, 0.25) is 0 Å². The third-order valence-corrected chi connectivity index (χ3v) is 4.12. The molecule has 0 aliphatic heterocycles. The molecule has 0 spiro atoms. The quantitative estimate of drug-likeness (QED) is 0.558. The van der Waals surface area contributed by atoms with Gasteiger partial charge in [0.25, 0.3) is 5.91 Å². The van der Waals surface area contributed by atoms with Crippen LogP contribution >= 0.6 is 54.5 Å². The van der Waals surface area contributed by atoms with Crippen molar-refractivity contribution >= 4 is 60.4 Å². The van der Waals surface area contributed by atoms with Crippen LogP contribution in [0.4, 0.5) is 0 Å². The van der Waals surface area contributed by atoms with Crippen LogP contribution in [0.3, 0.4) is 0 Å². The fraction of sp³-hybridized carbons (Fsp3) is 0.300. The number of rotatable bonds is 3. The normalized spacial score (nSPS) is 12.3. The molecule has 0 aliphatic carbocycles. The number of carbonyl (C=O) groups is 1. The predicted molar refractivity (Wildman–Crippen MR) is 77.6 cm³/mol. The van der Waals surface area contributed by atoms with Crippen molar-refractivity contribution in [2.24, 2.45) is 0 Å². The summed E-state index contributed by atoms with van der Waals surface area (Å²) < 4.78 is 1.87. The molecule has 0 bridgehead atoms. The lowest BCUT2D eigenvalue weighted by atomic mass is 10.2. The largest absolute Gasteiger partial charge is 0.349 e. The smallest absolute Gasteiger partial charge is 0.252 e. The van der Waals surface area contributed by atoms with Crippen LogP contribution in [0, 0.1) is 3.57 Å². The Morgan fingerprint density at radius 3 is 2.87 bits per heavy atom. The zero-order valence-corrected chi connectivity index (χ0v) is 13.4. The van der Waals surface area contributed by atoms with E-state index in [1.807, 2.05) is 25.1 Å². The van der Waals surface area contributed by atoms with Crippen LogP contribution in [-0.2, 0) is 0 Å². The van der Waals surface area contributed by atoms with Crippen molar-refractivity contribution in [2.45, 2.75) is 13.0 Å². The van der Waals surface area contributed by atoms with Crippen molar-refractivity contribution in [1.29, 1.82) is 0 Å². The van der Waals surface area contributed by atoms with Crippen LogP contribution in [0.15, 0.2) is 22.7 Å². The lowest BCUT2D eigenvalue weighted by Gasteiger charge is -2.11. The Morgan fingerprint density at radius 1 is 1.60 bits per heavy atom. The first-order chi connectivity index (χ1) is 7.04. The van der Waals surface area contributed by atoms with E-state index in [1.165, 1.54) is 0 Å². The zero-order valence-electron chi connectivity index (χ0n) is 8.06. The molecule has 0 fully saturated rings. The van der Waals surface area contributed by atoms with E-state index in [2.05, 4.69) is 59.8 Å². The summed E-state index contributed by atoms with van der Waals surface area (Å²) in [6.45, 7) is 1.95. The van der Waals surface area contributed by atoms with Crippen LogP contribution in [0.2, 0.25) is 0 Å². The molecule has 1 aromatic carbocycles. The van der Waals surface area contributed by atoms with Gasteiger partial charge in [0.1, 0.15) is 0 Å². The van der Waals surface area contributed by atoms with Crippen LogP contribution in [0.1, 0.15) is 17.3 Å². The Kier molecular flexibility index (Phi) is 5.56. The molecule has 0 aliphatic rings. The second-order valence-electron chi connectivity index (χ2n) is 3.15. The van der Waals surface area contributed by atoms with Crippen LogP contribution < -0.4 is 5.32 Å². The molecule has 82 valence electrons. The molecular formula is C10H10Br2INO. The Labute approximate surface area is 120 Å². The Hall–Kier alpha value is 0.380. The number of halogens is 3. The summed E-state index contributed by atoms with van der Waals surface area (Å²) in [7, 11) is 0. The minimum Gasteiger partial charge on any atom is -0.349 e. The van der Waals surface area contributed by atoms with Crippen molar-refractivity contribution in [2.75, 3.05) is 5.33 Å². The van der Waals surface area contributed by atoms with Crippen molar-refractivity contribution in [3.63, 3.8) is 0 Å². The van der Waals surface area contributed by atoms with Crippen LogP contribution in [-0.4, -0.2) is 17.3 Å². The summed E-state index contributed by atoms with van der Waals surface area (Å²) in [4.78, 5) is 11.8. The van der Waals surface area contributed by atoms with Crippen molar-refractivity contribution < 1.29 is 4.79 Å². The van der Waals surface area contributed by atoms with Gasteiger partial charge in [-0.25, -0.2) is 0 Å². The molecule has 0 saturated carbocycles. The number of carbonyl (C=O) groups excluding carboxylic acids is 1. The highest BCUT2D eigenvalue weighted by molar-refractivity contribution is 14.1. The van der Waals surface area contributed by atoms with E-state index in [-0.39, 0.29) is 11.9 Å². The lowest BCUT2D eigenvalue weighted by molar-refractivity contribution is 0.0943. The fourth-order valence-electron chi connectivity index (χ4n) is 1.01. The second-order valence-corrected chi connectivity index (χ2v) is 5.90. The van der Waals surface area contributed by atoms with E-state index in [4.69, 9.17) is 0 Å². The number of hydrogen-bond donors (Lipinski definition) is 1. The Balaban J connectivity index is 2.86. The summed E-state index contributed by atoms with van der Waals surface area (Å²) in [5.41, 5.74) is 0.676. The first-order valence-electron chi connectivity index (χ1n) is 4.36. The second kappa shape index (κ2) is 6.20. The van der Waals surface area contributed by atoms with Crippen molar-refractivity contribution in [3.8, 4) is 0 Å². The van der Waals surface area contributed by atoms with Gasteiger partial charge in [0, 0.05) is 19.4 Å². The van der Waals surface area contributed by atoms with E-state index in [9.17, 15) is 4.79 Å². The molecule has 0 aromatic heterocycles. The van der Waals surface area contributed by atoms with E-state index in [0.29, 0.717) is 5.56 Å². The fourth-order valence-corrected chi connectivity index (χ4v) is 2.09. The van der Waals surface area contributed by atoms with Gasteiger partial charge in [-0.05, 0) is 63.6 Å². The first kappa shape index (κ1) is 13.4. The monoisotopic (exact) mass is 445 g/mol. The summed E-state index contributed by atoms with van der Waals surface area (Å²) in [5.74, 6) is -0.0488. The van der Waals surface area contributed by atoms with Gasteiger partial charge in [-0.15, -0.1) is 0 Å². The average Bonchev–Trinajstić information content (AvgIpc) is 2.21. The van der Waals surface area contributed by atoms with Crippen molar-refractivity contribution in [1.82, 2.24) is 5.32 Å². The Bertz CT molecular complexity index is 370. The maximum atomic E-state index is 11.8. The summed E-state index contributed by atoms with van der Waals surface area (Å²) in [6.07, 6.45) is 0. The van der Waals surface area contributed by atoms with E-state index < -0.39 is 0 Å². The maximum Gasteiger partial charge on any atom is 0.252 e. The van der Waals surface area contributed by atoms with Crippen LogP contribution in [0.5, 0.6) is 0 Å². The van der Waals surface area contributed by atoms with E-state index >= 15 is 0 Å². The minimum absolute atomic E-state index is 0.0488. The molecule has 1 rings (SSSR count). The molecule has 0 radical (unpaired) electrons. The minimum atomic E-state index is -0.0488. The molecule has 0 heterocycles. The SMILES string of the molecule is CC(CBr)NC(=O)c1cc(I)ccc1Br. The standard InChI is InChI=1S/C10H10Br2INO/c1-6(5-11)14-10(15)8-4-7(13)2-3-9(8)12/h2-4,6H,5H2,1H3,(H,14,15). The zero-order chi connectivity index (χ0) is 11.4. The summed E-state index contributed by atoms with van der Waals surface area (Å²) >= 11 is 8.88. The topological polar surface area (TPSA) is 29.1 Å². The predicted octanol–water partition coefficient (Wildman–Crippen LogP) is 3.57. The molecular weight excluding hydrogens is 437 g/mol. The number of alkyl halides is 1. The average molecular weight is 447 g/mol. The third kappa shape index (κ3) is 4.03. The number of benzene rings is 1. The van der Waals surface area contributed by atoms with E-state index in [0.717, 1.165) is 13.4 Å². The molecule has 1 N–H and O–H groups in total. The maximum absolute atomic E-state index is 11.8. The molecule has 1 aromatic rings. The van der Waals surface area contributed by atoms with Gasteiger partial charge in [-0.3, -0.25) is 4.79 Å². The van der Waals surface area contributed by atoms with Gasteiger partial charge in [-0.2, -0.15) is 0 Å². The summed E-state index contributed by atoms with van der Waals surface area (Å²) in [6, 6.07) is 5.83. The Morgan fingerprint density at radius 2 is 2.27 bits per heavy atom. The number of nitrogens with one attached hydrogen (secondary N) is 1. The molecule has 5 heteroatoms. The van der Waals surface area contributed by atoms with Crippen molar-refractivity contribution in [3.05, 3.63) is 31.8 Å². The number of amides is 1. The van der Waals surface area contributed by atoms with Gasteiger partial charge >= 0.3 is 0 Å². The van der Waals surface area contributed by atoms with Crippen LogP contribution in [0.25, 0.3) is 0 Å². The molecule has 1 unspecified atom stereocenters. The molecule has 2 nitrogen and oxygen atoms in total. The van der Waals surface area contributed by atoms with Gasteiger partial charge in [0.05, 0.1) is 5.56 Å². The molecule has 1 amide bonds. The lowest BCUT2D eigenvalue weighted by Crippen LogP contribution is -2.33. The van der Waals surface area contributed by atoms with Gasteiger partial charge in [-0.1, -0.05) is 15.9 Å². The number of hydrogen-bond acceptors (Lipinski definition) is 1. The third-order valence-electron chi connectivity index (χ3n) is 1.78. The van der Waals surface area contributed by atoms with Gasteiger partial charge < -0.3 is 5.32 Å². The first-order valence-corrected chi connectivity index (χ1v) is 7.35. The van der Waals surface area contributed by atoms with E-state index in [1.54, 1.807) is 0 Å². The molecule has 1 atom stereocenters. The highest BCUT2D eigenvalue weighted by atomic mass is 127. The molecule has 0 saturated heterocycles.